The van der Waals surface area contributed by atoms with Gasteiger partial charge in [-0.05, 0) is 55.5 Å². The second kappa shape index (κ2) is 11.7. The van der Waals surface area contributed by atoms with Crippen LogP contribution < -0.4 is 14.8 Å². The lowest BCUT2D eigenvalue weighted by atomic mass is 9.99. The Morgan fingerprint density at radius 3 is 2.38 bits per heavy atom. The highest BCUT2D eigenvalue weighted by atomic mass is 35.5. The molecule has 1 atom stereocenters. The van der Waals surface area contributed by atoms with Crippen molar-refractivity contribution in [1.82, 2.24) is 10.3 Å². The summed E-state index contributed by atoms with van der Waals surface area (Å²) in [5.41, 5.74) is -0.161. The maximum absolute atomic E-state index is 13.6. The first-order chi connectivity index (χ1) is 16.2. The number of phenolic OH excluding ortho intramolecular Hbond substituents is 1. The molecule has 0 aliphatic carbocycles. The molecule has 0 bridgehead atoms. The summed E-state index contributed by atoms with van der Waals surface area (Å²) < 4.78 is 23.9. The zero-order valence-corrected chi connectivity index (χ0v) is 20.4. The number of phenols is 1. The number of carbonyl (C=O) groups is 1. The summed E-state index contributed by atoms with van der Waals surface area (Å²) in [4.78, 5) is 17.0. The van der Waals surface area contributed by atoms with Crippen molar-refractivity contribution in [3.8, 4) is 28.5 Å². The van der Waals surface area contributed by atoms with Crippen molar-refractivity contribution in [2.45, 2.75) is 26.4 Å². The summed E-state index contributed by atoms with van der Waals surface area (Å²) >= 11 is 5.90. The smallest absolute Gasteiger partial charge is 0.251 e. The van der Waals surface area contributed by atoms with Crippen LogP contribution in [0.5, 0.6) is 17.2 Å². The minimum Gasteiger partial charge on any atom is -0.504 e. The SMILES string of the molecule is CC.COc1cc(C(=O)NCC(C)(O)c2ccc(OC)c(-c3ccc(F)c(Cl)c3)n2)ccc1O. The molecule has 0 aliphatic heterocycles. The molecule has 0 spiro atoms. The number of hydrogen-bond acceptors (Lipinski definition) is 6. The van der Waals surface area contributed by atoms with Gasteiger partial charge in [-0.25, -0.2) is 9.37 Å². The number of nitrogens with zero attached hydrogens (tertiary/aromatic N) is 1. The second-order valence-corrected chi connectivity index (χ2v) is 7.63. The molecular formula is C25H28ClFN2O5. The van der Waals surface area contributed by atoms with E-state index >= 15 is 0 Å². The fraction of sp³-hybridized carbons (Fsp3) is 0.280. The number of halogens is 2. The molecule has 182 valence electrons. The van der Waals surface area contributed by atoms with Crippen molar-refractivity contribution in [2.24, 2.45) is 0 Å². The van der Waals surface area contributed by atoms with Crippen LogP contribution in [0.1, 0.15) is 36.8 Å². The van der Waals surface area contributed by atoms with Crippen LogP contribution >= 0.6 is 11.6 Å². The molecule has 2 aromatic carbocycles. The minimum absolute atomic E-state index is 0.0693. The molecule has 1 aromatic heterocycles. The van der Waals surface area contributed by atoms with E-state index in [1.807, 2.05) is 13.8 Å². The quantitative estimate of drug-likeness (QED) is 0.434. The van der Waals surface area contributed by atoms with Crippen LogP contribution in [-0.4, -0.2) is 41.9 Å². The number of nitrogens with one attached hydrogen (secondary N) is 1. The number of pyridine rings is 1. The molecule has 1 unspecified atom stereocenters. The average molecular weight is 491 g/mol. The number of methoxy groups -OCH3 is 2. The molecule has 1 amide bonds. The molecule has 3 N–H and O–H groups in total. The topological polar surface area (TPSA) is 101 Å². The highest BCUT2D eigenvalue weighted by molar-refractivity contribution is 6.31. The summed E-state index contributed by atoms with van der Waals surface area (Å²) in [5.74, 6) is -0.558. The molecule has 0 saturated carbocycles. The van der Waals surface area contributed by atoms with Crippen LogP contribution in [-0.2, 0) is 5.60 Å². The van der Waals surface area contributed by atoms with E-state index in [2.05, 4.69) is 10.3 Å². The number of ether oxygens (including phenoxy) is 2. The van der Waals surface area contributed by atoms with Crippen molar-refractivity contribution in [1.29, 1.82) is 0 Å². The average Bonchev–Trinajstić information content (AvgIpc) is 2.85. The number of aliphatic hydroxyl groups is 1. The lowest BCUT2D eigenvalue weighted by Gasteiger charge is -2.24. The lowest BCUT2D eigenvalue weighted by Crippen LogP contribution is -2.39. The van der Waals surface area contributed by atoms with Gasteiger partial charge in [0.25, 0.3) is 5.91 Å². The molecule has 9 heteroatoms. The van der Waals surface area contributed by atoms with Gasteiger partial charge >= 0.3 is 0 Å². The van der Waals surface area contributed by atoms with Crippen molar-refractivity contribution in [3.63, 3.8) is 0 Å². The number of aromatic hydroxyl groups is 1. The monoisotopic (exact) mass is 490 g/mol. The first-order valence-corrected chi connectivity index (χ1v) is 10.9. The van der Waals surface area contributed by atoms with Crippen LogP contribution in [0, 0.1) is 5.82 Å². The first kappa shape index (κ1) is 26.9. The molecule has 3 rings (SSSR count). The normalized spacial score (nSPS) is 12.1. The molecule has 3 aromatic rings. The van der Waals surface area contributed by atoms with E-state index in [9.17, 15) is 19.4 Å². The Labute approximate surface area is 203 Å². The highest BCUT2D eigenvalue weighted by Crippen LogP contribution is 2.33. The van der Waals surface area contributed by atoms with Gasteiger partial charge in [-0.2, -0.15) is 0 Å². The van der Waals surface area contributed by atoms with Crippen LogP contribution in [0.2, 0.25) is 5.02 Å². The third-order valence-electron chi connectivity index (χ3n) is 4.86. The van der Waals surface area contributed by atoms with E-state index in [0.29, 0.717) is 17.0 Å². The number of amides is 1. The summed E-state index contributed by atoms with van der Waals surface area (Å²) in [6, 6.07) is 11.5. The van der Waals surface area contributed by atoms with Gasteiger partial charge in [-0.1, -0.05) is 25.4 Å². The summed E-state index contributed by atoms with van der Waals surface area (Å²) in [5, 5.41) is 23.2. The molecule has 0 fully saturated rings. The molecule has 0 saturated heterocycles. The summed E-state index contributed by atoms with van der Waals surface area (Å²) in [7, 11) is 2.85. The van der Waals surface area contributed by atoms with Crippen molar-refractivity contribution in [3.05, 3.63) is 70.6 Å². The number of carbonyl (C=O) groups excluding carboxylic acids is 1. The maximum Gasteiger partial charge on any atom is 0.251 e. The van der Waals surface area contributed by atoms with Gasteiger partial charge in [0, 0.05) is 11.1 Å². The minimum atomic E-state index is -1.54. The Balaban J connectivity index is 0.00000199. The third-order valence-corrected chi connectivity index (χ3v) is 5.15. The van der Waals surface area contributed by atoms with Crippen LogP contribution in [0.25, 0.3) is 11.3 Å². The molecule has 0 aliphatic rings. The molecular weight excluding hydrogens is 463 g/mol. The molecule has 1 heterocycles. The molecule has 34 heavy (non-hydrogen) atoms. The number of benzene rings is 2. The van der Waals surface area contributed by atoms with Crippen molar-refractivity contribution < 1.29 is 28.9 Å². The van der Waals surface area contributed by atoms with E-state index in [4.69, 9.17) is 21.1 Å². The fourth-order valence-electron chi connectivity index (χ4n) is 3.03. The van der Waals surface area contributed by atoms with Gasteiger partial charge < -0.3 is 25.0 Å². The number of hydrogen-bond donors (Lipinski definition) is 3. The Hall–Kier alpha value is -3.36. The third kappa shape index (κ3) is 6.15. The predicted molar refractivity (Wildman–Crippen MR) is 129 cm³/mol. The zero-order valence-electron chi connectivity index (χ0n) is 19.6. The van der Waals surface area contributed by atoms with E-state index in [1.165, 1.54) is 57.5 Å². The highest BCUT2D eigenvalue weighted by Gasteiger charge is 2.27. The van der Waals surface area contributed by atoms with E-state index < -0.39 is 17.3 Å². The number of aromatic nitrogens is 1. The Morgan fingerprint density at radius 2 is 1.76 bits per heavy atom. The Bertz CT molecular complexity index is 1150. The first-order valence-electron chi connectivity index (χ1n) is 10.5. The lowest BCUT2D eigenvalue weighted by molar-refractivity contribution is 0.0489. The van der Waals surface area contributed by atoms with Crippen LogP contribution in [0.3, 0.4) is 0 Å². The standard InChI is InChI=1S/C23H22ClFN2O5.C2H6/c1-23(30,12-26-22(29)14-5-7-17(28)19(11-14)32-3)20-9-8-18(31-2)21(27-20)13-4-6-16(25)15(24)10-13;1-2/h4-11,28,30H,12H2,1-3H3,(H,26,29);1-2H3. The zero-order chi connectivity index (χ0) is 25.5. The van der Waals surface area contributed by atoms with Gasteiger partial charge in [0.05, 0.1) is 31.5 Å². The number of rotatable bonds is 7. The van der Waals surface area contributed by atoms with Gasteiger partial charge in [0.2, 0.25) is 0 Å². The maximum atomic E-state index is 13.6. The Morgan fingerprint density at radius 1 is 1.09 bits per heavy atom. The summed E-state index contributed by atoms with van der Waals surface area (Å²) in [6.07, 6.45) is 0. The van der Waals surface area contributed by atoms with Gasteiger partial charge in [0.15, 0.2) is 11.5 Å². The predicted octanol–water partition coefficient (Wildman–Crippen LogP) is 4.93. The van der Waals surface area contributed by atoms with Crippen LogP contribution in [0.15, 0.2) is 48.5 Å². The van der Waals surface area contributed by atoms with E-state index in [1.54, 1.807) is 12.1 Å². The Kier molecular flexibility index (Phi) is 9.23. The largest absolute Gasteiger partial charge is 0.504 e. The fourth-order valence-corrected chi connectivity index (χ4v) is 3.21. The molecule has 7 nitrogen and oxygen atoms in total. The van der Waals surface area contributed by atoms with Crippen LogP contribution in [0.4, 0.5) is 4.39 Å². The van der Waals surface area contributed by atoms with Crippen molar-refractivity contribution >= 4 is 17.5 Å². The van der Waals surface area contributed by atoms with Gasteiger partial charge in [0.1, 0.15) is 22.9 Å². The van der Waals surface area contributed by atoms with Crippen molar-refractivity contribution in [2.75, 3.05) is 20.8 Å². The van der Waals surface area contributed by atoms with Gasteiger partial charge in [-0.3, -0.25) is 4.79 Å². The molecule has 0 radical (unpaired) electrons. The van der Waals surface area contributed by atoms with Gasteiger partial charge in [-0.15, -0.1) is 0 Å². The van der Waals surface area contributed by atoms with E-state index in [-0.39, 0.29) is 34.3 Å². The summed E-state index contributed by atoms with van der Waals surface area (Å²) in [6.45, 7) is 5.35. The second-order valence-electron chi connectivity index (χ2n) is 7.22. The van der Waals surface area contributed by atoms with E-state index in [0.717, 1.165) is 0 Å².